The maximum Gasteiger partial charge on any atom is 0.181 e. The van der Waals surface area contributed by atoms with E-state index < -0.39 is 17.5 Å². The first-order valence-corrected chi connectivity index (χ1v) is 5.73. The van der Waals surface area contributed by atoms with Gasteiger partial charge in [0.25, 0.3) is 0 Å². The van der Waals surface area contributed by atoms with Crippen LogP contribution in [-0.2, 0) is 0 Å². The van der Waals surface area contributed by atoms with Crippen molar-refractivity contribution in [3.63, 3.8) is 0 Å². The molecule has 17 heavy (non-hydrogen) atoms. The summed E-state index contributed by atoms with van der Waals surface area (Å²) in [6.45, 7) is 3.84. The molecular weight excluding hydrogens is 241 g/mol. The number of rotatable bonds is 4. The first-order chi connectivity index (χ1) is 7.97. The lowest BCUT2D eigenvalue weighted by Crippen LogP contribution is -2.16. The number of ketones is 1. The highest BCUT2D eigenvalue weighted by Crippen LogP contribution is 2.24. The smallest absolute Gasteiger partial charge is 0.181 e. The molecular formula is C13H13ClFNO. The molecule has 0 fully saturated rings. The summed E-state index contributed by atoms with van der Waals surface area (Å²) in [6, 6.07) is 5.99. The van der Waals surface area contributed by atoms with Gasteiger partial charge in [-0.25, -0.2) is 4.39 Å². The van der Waals surface area contributed by atoms with Crippen molar-refractivity contribution < 1.29 is 9.18 Å². The number of nitriles is 1. The highest BCUT2D eigenvalue weighted by atomic mass is 35.5. The van der Waals surface area contributed by atoms with Crippen LogP contribution < -0.4 is 0 Å². The Labute approximate surface area is 105 Å². The van der Waals surface area contributed by atoms with Crippen molar-refractivity contribution in [2.45, 2.75) is 20.3 Å². The van der Waals surface area contributed by atoms with E-state index in [4.69, 9.17) is 16.9 Å². The van der Waals surface area contributed by atoms with E-state index in [1.807, 2.05) is 19.9 Å². The molecule has 0 aliphatic heterocycles. The van der Waals surface area contributed by atoms with Crippen molar-refractivity contribution in [3.05, 3.63) is 34.6 Å². The zero-order valence-electron chi connectivity index (χ0n) is 9.71. The average Bonchev–Trinajstić information content (AvgIpc) is 2.28. The van der Waals surface area contributed by atoms with Crippen molar-refractivity contribution in [2.75, 3.05) is 0 Å². The van der Waals surface area contributed by atoms with Gasteiger partial charge in [0.05, 0.1) is 11.1 Å². The number of hydrogen-bond acceptors (Lipinski definition) is 2. The Morgan fingerprint density at radius 2 is 2.18 bits per heavy atom. The second kappa shape index (κ2) is 5.79. The third-order valence-electron chi connectivity index (χ3n) is 2.40. The summed E-state index contributed by atoms with van der Waals surface area (Å²) in [4.78, 5) is 12.0. The maximum atomic E-state index is 13.2. The molecule has 1 rings (SSSR count). The molecule has 0 amide bonds. The van der Waals surface area contributed by atoms with Crippen molar-refractivity contribution in [1.82, 2.24) is 0 Å². The van der Waals surface area contributed by atoms with E-state index >= 15 is 0 Å². The molecule has 0 aromatic heterocycles. The predicted molar refractivity (Wildman–Crippen MR) is 64.3 cm³/mol. The molecule has 0 saturated carbocycles. The average molecular weight is 254 g/mol. The second-order valence-electron chi connectivity index (χ2n) is 4.28. The van der Waals surface area contributed by atoms with Crippen molar-refractivity contribution in [2.24, 2.45) is 11.8 Å². The lowest BCUT2D eigenvalue weighted by atomic mass is 9.91. The van der Waals surface area contributed by atoms with E-state index in [0.717, 1.165) is 0 Å². The van der Waals surface area contributed by atoms with Gasteiger partial charge in [0.2, 0.25) is 0 Å². The summed E-state index contributed by atoms with van der Waals surface area (Å²) < 4.78 is 13.2. The summed E-state index contributed by atoms with van der Waals surface area (Å²) in [7, 11) is 0. The minimum Gasteiger partial charge on any atom is -0.293 e. The number of Topliss-reactive ketones (excluding diaryl/α,β-unsaturated/α-hetero) is 1. The summed E-state index contributed by atoms with van der Waals surface area (Å²) >= 11 is 5.72. The molecule has 0 bridgehead atoms. The van der Waals surface area contributed by atoms with Gasteiger partial charge >= 0.3 is 0 Å². The van der Waals surface area contributed by atoms with Crippen LogP contribution in [0.25, 0.3) is 0 Å². The van der Waals surface area contributed by atoms with Gasteiger partial charge in [0, 0.05) is 5.56 Å². The highest BCUT2D eigenvalue weighted by Gasteiger charge is 2.23. The van der Waals surface area contributed by atoms with Gasteiger partial charge in [-0.3, -0.25) is 4.79 Å². The molecule has 90 valence electrons. The Hall–Kier alpha value is -1.40. The van der Waals surface area contributed by atoms with E-state index in [9.17, 15) is 9.18 Å². The van der Waals surface area contributed by atoms with Gasteiger partial charge < -0.3 is 0 Å². The van der Waals surface area contributed by atoms with Crippen LogP contribution in [0.3, 0.4) is 0 Å². The summed E-state index contributed by atoms with van der Waals surface area (Å²) in [5.41, 5.74) is 0.0823. The van der Waals surface area contributed by atoms with Gasteiger partial charge in [-0.2, -0.15) is 5.26 Å². The number of benzene rings is 1. The molecule has 1 atom stereocenters. The van der Waals surface area contributed by atoms with Crippen LogP contribution in [0.1, 0.15) is 30.6 Å². The van der Waals surface area contributed by atoms with E-state index in [1.54, 1.807) is 0 Å². The van der Waals surface area contributed by atoms with Gasteiger partial charge in [-0.15, -0.1) is 0 Å². The molecule has 0 aliphatic carbocycles. The van der Waals surface area contributed by atoms with Crippen LogP contribution in [0.2, 0.25) is 5.02 Å². The summed E-state index contributed by atoms with van der Waals surface area (Å²) in [6.07, 6.45) is 0.447. The Balaban J connectivity index is 3.03. The minimum absolute atomic E-state index is 0.0823. The lowest BCUT2D eigenvalue weighted by molar-refractivity contribution is 0.0936. The minimum atomic E-state index is -0.769. The van der Waals surface area contributed by atoms with E-state index in [-0.39, 0.29) is 16.5 Å². The van der Waals surface area contributed by atoms with Crippen LogP contribution in [-0.4, -0.2) is 5.78 Å². The van der Waals surface area contributed by atoms with Gasteiger partial charge in [0.15, 0.2) is 5.78 Å². The van der Waals surface area contributed by atoms with Crippen LogP contribution in [0.15, 0.2) is 18.2 Å². The molecule has 4 heteroatoms. The Morgan fingerprint density at radius 1 is 1.53 bits per heavy atom. The molecule has 1 unspecified atom stereocenters. The predicted octanol–water partition coefficient (Wildman–Crippen LogP) is 3.85. The molecule has 1 aromatic rings. The number of carbonyl (C=O) groups excluding carboxylic acids is 1. The van der Waals surface area contributed by atoms with Crippen LogP contribution in [0.4, 0.5) is 4.39 Å². The highest BCUT2D eigenvalue weighted by molar-refractivity contribution is 6.34. The maximum absolute atomic E-state index is 13.2. The molecule has 1 aromatic carbocycles. The fourth-order valence-corrected chi connectivity index (χ4v) is 1.79. The number of carbonyl (C=O) groups is 1. The largest absolute Gasteiger partial charge is 0.293 e. The van der Waals surface area contributed by atoms with Crippen molar-refractivity contribution in [1.29, 1.82) is 5.26 Å². The Morgan fingerprint density at radius 3 is 2.71 bits per heavy atom. The van der Waals surface area contributed by atoms with Gasteiger partial charge in [0.1, 0.15) is 11.7 Å². The molecule has 0 radical (unpaired) electrons. The standard InChI is InChI=1S/C13H13ClFNO/c1-8(2)6-9(7-16)13(17)10-4-3-5-11(15)12(10)14/h3-5,8-9H,6H2,1-2H3. The van der Waals surface area contributed by atoms with Crippen LogP contribution >= 0.6 is 11.6 Å². The van der Waals surface area contributed by atoms with E-state index in [1.165, 1.54) is 18.2 Å². The monoisotopic (exact) mass is 253 g/mol. The molecule has 0 aliphatic rings. The fraction of sp³-hybridized carbons (Fsp3) is 0.385. The van der Waals surface area contributed by atoms with Crippen molar-refractivity contribution >= 4 is 17.4 Å². The normalized spacial score (nSPS) is 12.2. The van der Waals surface area contributed by atoms with Gasteiger partial charge in [-0.1, -0.05) is 31.5 Å². The zero-order valence-corrected chi connectivity index (χ0v) is 10.5. The van der Waals surface area contributed by atoms with Crippen LogP contribution in [0, 0.1) is 29.0 Å². The van der Waals surface area contributed by atoms with E-state index in [0.29, 0.717) is 6.42 Å². The molecule has 0 spiro atoms. The topological polar surface area (TPSA) is 40.9 Å². The fourth-order valence-electron chi connectivity index (χ4n) is 1.57. The summed E-state index contributed by atoms with van der Waals surface area (Å²) in [5, 5.41) is 8.75. The third-order valence-corrected chi connectivity index (χ3v) is 2.78. The van der Waals surface area contributed by atoms with Gasteiger partial charge in [-0.05, 0) is 24.5 Å². The SMILES string of the molecule is CC(C)CC(C#N)C(=O)c1cccc(F)c1Cl. The van der Waals surface area contributed by atoms with E-state index in [2.05, 4.69) is 0 Å². The quantitative estimate of drug-likeness (QED) is 0.765. The first kappa shape index (κ1) is 13.7. The number of nitrogens with zero attached hydrogens (tertiary/aromatic N) is 1. The van der Waals surface area contributed by atoms with Crippen LogP contribution in [0.5, 0.6) is 0 Å². The summed E-state index contributed by atoms with van der Waals surface area (Å²) in [5.74, 6) is -1.60. The molecule has 0 N–H and O–H groups in total. The number of hydrogen-bond donors (Lipinski definition) is 0. The Kier molecular flexibility index (Phi) is 4.65. The lowest BCUT2D eigenvalue weighted by Gasteiger charge is -2.11. The Bertz CT molecular complexity index is 465. The molecule has 0 saturated heterocycles. The second-order valence-corrected chi connectivity index (χ2v) is 4.65. The molecule has 0 heterocycles. The third kappa shape index (κ3) is 3.28. The number of halogens is 2. The first-order valence-electron chi connectivity index (χ1n) is 5.35. The van der Waals surface area contributed by atoms with Crippen molar-refractivity contribution in [3.8, 4) is 6.07 Å². The molecule has 2 nitrogen and oxygen atoms in total. The zero-order chi connectivity index (χ0) is 13.0.